The first-order valence-electron chi connectivity index (χ1n) is 12.7. The van der Waals surface area contributed by atoms with E-state index in [-0.39, 0.29) is 0 Å². The van der Waals surface area contributed by atoms with E-state index in [0.29, 0.717) is 31.7 Å². The Bertz CT molecular complexity index is 1130. The Hall–Kier alpha value is -2.64. The first-order valence-corrected chi connectivity index (χ1v) is 12.7. The van der Waals surface area contributed by atoms with E-state index in [9.17, 15) is 5.11 Å². The lowest BCUT2D eigenvalue weighted by molar-refractivity contribution is 0.0993. The summed E-state index contributed by atoms with van der Waals surface area (Å²) in [4.78, 5) is 7.44. The summed E-state index contributed by atoms with van der Waals surface area (Å²) in [6.45, 7) is 9.85. The minimum atomic E-state index is -0.444. The SMILES string of the molecule is CCCC(O)COc1cc(-c2cc(N3CCOCC3)n3ncc(C(C)C)c3n2)cc(C2CC2)c1. The molecule has 2 fully saturated rings. The maximum absolute atomic E-state index is 10.2. The highest BCUT2D eigenvalue weighted by molar-refractivity contribution is 5.70. The normalized spacial score (nSPS) is 17.5. The molecule has 7 nitrogen and oxygen atoms in total. The van der Waals surface area contributed by atoms with Gasteiger partial charge in [0.25, 0.3) is 0 Å². The molecule has 3 heterocycles. The van der Waals surface area contributed by atoms with Gasteiger partial charge in [0.15, 0.2) is 5.65 Å². The van der Waals surface area contributed by atoms with Crippen LogP contribution in [0.15, 0.2) is 30.5 Å². The first-order chi connectivity index (χ1) is 16.5. The number of rotatable bonds is 9. The average Bonchev–Trinajstić information content (AvgIpc) is 3.61. The lowest BCUT2D eigenvalue weighted by Crippen LogP contribution is -2.37. The number of aliphatic hydroxyl groups is 1. The molecule has 1 aromatic carbocycles. The number of ether oxygens (including phenoxy) is 2. The van der Waals surface area contributed by atoms with Crippen molar-refractivity contribution in [3.63, 3.8) is 0 Å². The van der Waals surface area contributed by atoms with Crippen LogP contribution in [0, 0.1) is 0 Å². The topological polar surface area (TPSA) is 72.1 Å². The van der Waals surface area contributed by atoms with Crippen molar-refractivity contribution in [3.8, 4) is 17.0 Å². The van der Waals surface area contributed by atoms with Gasteiger partial charge in [-0.2, -0.15) is 9.61 Å². The second kappa shape index (κ2) is 9.92. The third kappa shape index (κ3) is 4.91. The molecule has 1 unspecified atom stereocenters. The van der Waals surface area contributed by atoms with Crippen molar-refractivity contribution in [3.05, 3.63) is 41.6 Å². The molecule has 182 valence electrons. The van der Waals surface area contributed by atoms with Crippen molar-refractivity contribution < 1.29 is 14.6 Å². The highest BCUT2D eigenvalue weighted by atomic mass is 16.5. The van der Waals surface area contributed by atoms with Gasteiger partial charge in [-0.05, 0) is 54.9 Å². The summed E-state index contributed by atoms with van der Waals surface area (Å²) in [5.41, 5.74) is 5.33. The van der Waals surface area contributed by atoms with Crippen molar-refractivity contribution in [2.75, 3.05) is 37.8 Å². The summed E-state index contributed by atoms with van der Waals surface area (Å²) >= 11 is 0. The molecule has 0 radical (unpaired) electrons. The van der Waals surface area contributed by atoms with Crippen molar-refractivity contribution in [2.24, 2.45) is 0 Å². The van der Waals surface area contributed by atoms with E-state index < -0.39 is 6.10 Å². The van der Waals surface area contributed by atoms with Gasteiger partial charge >= 0.3 is 0 Å². The molecule has 2 aliphatic rings. The van der Waals surface area contributed by atoms with Crippen LogP contribution in [0.25, 0.3) is 16.9 Å². The molecule has 7 heteroatoms. The van der Waals surface area contributed by atoms with Gasteiger partial charge < -0.3 is 19.5 Å². The molecule has 1 aliphatic heterocycles. The van der Waals surface area contributed by atoms with E-state index in [1.165, 1.54) is 18.4 Å². The number of morpholine rings is 1. The molecular weight excluding hydrogens is 428 g/mol. The van der Waals surface area contributed by atoms with Gasteiger partial charge in [0.1, 0.15) is 18.2 Å². The van der Waals surface area contributed by atoms with Gasteiger partial charge in [-0.1, -0.05) is 27.2 Å². The van der Waals surface area contributed by atoms with Crippen molar-refractivity contribution in [2.45, 2.75) is 64.4 Å². The molecule has 0 spiro atoms. The Labute approximate surface area is 201 Å². The smallest absolute Gasteiger partial charge is 0.161 e. The third-order valence-corrected chi connectivity index (χ3v) is 6.78. The molecule has 0 amide bonds. The van der Waals surface area contributed by atoms with Crippen molar-refractivity contribution in [1.29, 1.82) is 0 Å². The number of anilines is 1. The second-order valence-corrected chi connectivity index (χ2v) is 9.91. The van der Waals surface area contributed by atoms with E-state index in [0.717, 1.165) is 60.0 Å². The lowest BCUT2D eigenvalue weighted by atomic mass is 10.0. The quantitative estimate of drug-likeness (QED) is 0.492. The fourth-order valence-electron chi connectivity index (χ4n) is 4.65. The Morgan fingerprint density at radius 3 is 2.65 bits per heavy atom. The van der Waals surface area contributed by atoms with Gasteiger partial charge in [-0.25, -0.2) is 4.98 Å². The molecule has 5 rings (SSSR count). The fraction of sp³-hybridized carbons (Fsp3) is 0.556. The molecule has 1 atom stereocenters. The average molecular weight is 465 g/mol. The van der Waals surface area contributed by atoms with E-state index in [1.54, 1.807) is 0 Å². The third-order valence-electron chi connectivity index (χ3n) is 6.78. The van der Waals surface area contributed by atoms with Gasteiger partial charge in [0.2, 0.25) is 0 Å². The Balaban J connectivity index is 1.57. The zero-order valence-electron chi connectivity index (χ0n) is 20.5. The molecule has 1 saturated carbocycles. The number of hydrogen-bond acceptors (Lipinski definition) is 6. The van der Waals surface area contributed by atoms with Crippen LogP contribution in [0.5, 0.6) is 5.75 Å². The number of hydrogen-bond donors (Lipinski definition) is 1. The standard InChI is InChI=1S/C27H36N4O3/c1-4-5-22(32)17-34-23-13-20(19-6-7-19)12-21(14-23)25-15-26(30-8-10-33-11-9-30)31-27(29-25)24(16-28-31)18(2)3/h12-16,18-19,22,32H,4-11,17H2,1-3H3. The first kappa shape index (κ1) is 23.1. The van der Waals surface area contributed by atoms with Crippen molar-refractivity contribution >= 4 is 11.5 Å². The molecule has 0 bridgehead atoms. The van der Waals surface area contributed by atoms with Gasteiger partial charge in [-0.15, -0.1) is 0 Å². The number of nitrogens with zero attached hydrogens (tertiary/aromatic N) is 4. The molecule has 2 aromatic heterocycles. The van der Waals surface area contributed by atoms with E-state index in [1.807, 2.05) is 10.7 Å². The Morgan fingerprint density at radius 2 is 1.94 bits per heavy atom. The van der Waals surface area contributed by atoms with Crippen LogP contribution in [-0.4, -0.2) is 58.7 Å². The van der Waals surface area contributed by atoms with Crippen LogP contribution in [-0.2, 0) is 4.74 Å². The summed E-state index contributed by atoms with van der Waals surface area (Å²) < 4.78 is 13.6. The molecule has 34 heavy (non-hydrogen) atoms. The van der Waals surface area contributed by atoms with Gasteiger partial charge in [0, 0.05) is 30.3 Å². The summed E-state index contributed by atoms with van der Waals surface area (Å²) in [5, 5.41) is 14.9. The molecule has 3 aromatic rings. The summed E-state index contributed by atoms with van der Waals surface area (Å²) in [7, 11) is 0. The molecule has 1 aliphatic carbocycles. The van der Waals surface area contributed by atoms with Crippen LogP contribution in [0.4, 0.5) is 5.82 Å². The number of benzene rings is 1. The maximum Gasteiger partial charge on any atom is 0.161 e. The summed E-state index contributed by atoms with van der Waals surface area (Å²) in [6.07, 6.45) is 5.62. The predicted molar refractivity (Wildman–Crippen MR) is 134 cm³/mol. The zero-order chi connectivity index (χ0) is 23.7. The molecule has 1 N–H and O–H groups in total. The zero-order valence-corrected chi connectivity index (χ0v) is 20.5. The highest BCUT2D eigenvalue weighted by Crippen LogP contribution is 2.43. The van der Waals surface area contributed by atoms with E-state index in [4.69, 9.17) is 19.6 Å². The van der Waals surface area contributed by atoms with E-state index in [2.05, 4.69) is 49.9 Å². The van der Waals surface area contributed by atoms with Crippen LogP contribution in [0.2, 0.25) is 0 Å². The maximum atomic E-state index is 10.2. The van der Waals surface area contributed by atoms with Crippen LogP contribution in [0.1, 0.15) is 69.4 Å². The Morgan fingerprint density at radius 1 is 1.15 bits per heavy atom. The highest BCUT2D eigenvalue weighted by Gasteiger charge is 2.26. The minimum absolute atomic E-state index is 0.313. The number of aliphatic hydroxyl groups excluding tert-OH is 1. The second-order valence-electron chi connectivity index (χ2n) is 9.91. The van der Waals surface area contributed by atoms with Crippen LogP contribution < -0.4 is 9.64 Å². The minimum Gasteiger partial charge on any atom is -0.491 e. The predicted octanol–water partition coefficient (Wildman–Crippen LogP) is 4.77. The van der Waals surface area contributed by atoms with Crippen LogP contribution >= 0.6 is 0 Å². The number of aromatic nitrogens is 3. The van der Waals surface area contributed by atoms with Crippen LogP contribution in [0.3, 0.4) is 0 Å². The number of fused-ring (bicyclic) bond motifs is 1. The molecular formula is C27H36N4O3. The van der Waals surface area contributed by atoms with Crippen molar-refractivity contribution in [1.82, 2.24) is 14.6 Å². The monoisotopic (exact) mass is 464 g/mol. The lowest BCUT2D eigenvalue weighted by Gasteiger charge is -2.29. The summed E-state index contributed by atoms with van der Waals surface area (Å²) in [6, 6.07) is 8.62. The van der Waals surface area contributed by atoms with Gasteiger partial charge in [0.05, 0.1) is 31.2 Å². The van der Waals surface area contributed by atoms with Gasteiger partial charge in [-0.3, -0.25) is 0 Å². The van der Waals surface area contributed by atoms with E-state index >= 15 is 0 Å². The fourth-order valence-corrected chi connectivity index (χ4v) is 4.65. The molecule has 1 saturated heterocycles. The largest absolute Gasteiger partial charge is 0.491 e. The Kier molecular flexibility index (Phi) is 6.75. The summed E-state index contributed by atoms with van der Waals surface area (Å²) in [5.74, 6) is 2.77.